The molecule has 8 heteroatoms. The van der Waals surface area contributed by atoms with Crippen molar-refractivity contribution in [1.29, 1.82) is 0 Å². The second-order valence-corrected chi connectivity index (χ2v) is 9.69. The minimum Gasteiger partial charge on any atom is -0.481 e. The lowest BCUT2D eigenvalue weighted by atomic mass is 9.98. The van der Waals surface area contributed by atoms with Crippen molar-refractivity contribution in [1.82, 2.24) is 10.6 Å². The fourth-order valence-electron chi connectivity index (χ4n) is 4.56. The van der Waals surface area contributed by atoms with Crippen LogP contribution in [0.1, 0.15) is 36.8 Å². The number of amides is 2. The number of fused-ring (bicyclic) bond motifs is 3. The first kappa shape index (κ1) is 23.2. The quantitative estimate of drug-likeness (QED) is 0.547. The van der Waals surface area contributed by atoms with Gasteiger partial charge >= 0.3 is 12.1 Å². The highest BCUT2D eigenvalue weighted by Gasteiger charge is 2.31. The van der Waals surface area contributed by atoms with Crippen molar-refractivity contribution in [3.63, 3.8) is 0 Å². The maximum atomic E-state index is 12.7. The van der Waals surface area contributed by atoms with Crippen LogP contribution in [0.15, 0.2) is 48.5 Å². The van der Waals surface area contributed by atoms with Gasteiger partial charge in [-0.15, -0.1) is 0 Å². The Morgan fingerprint density at radius 2 is 1.70 bits per heavy atom. The molecule has 3 atom stereocenters. The van der Waals surface area contributed by atoms with E-state index in [1.54, 1.807) is 0 Å². The summed E-state index contributed by atoms with van der Waals surface area (Å²) in [5, 5.41) is 14.6. The molecule has 1 heterocycles. The third-order valence-corrected chi connectivity index (χ3v) is 7.56. The number of aliphatic carboxylic acids is 1. The largest absolute Gasteiger partial charge is 0.481 e. The highest BCUT2D eigenvalue weighted by atomic mass is 32.2. The van der Waals surface area contributed by atoms with Crippen molar-refractivity contribution in [3.8, 4) is 11.1 Å². The molecule has 33 heavy (non-hydrogen) atoms. The van der Waals surface area contributed by atoms with Crippen LogP contribution in [-0.4, -0.2) is 53.3 Å². The highest BCUT2D eigenvalue weighted by Crippen LogP contribution is 2.44. The lowest BCUT2D eigenvalue weighted by Gasteiger charge is -2.23. The number of rotatable bonds is 8. The molecule has 0 saturated carbocycles. The van der Waals surface area contributed by atoms with Gasteiger partial charge in [0.1, 0.15) is 12.6 Å². The van der Waals surface area contributed by atoms with Gasteiger partial charge in [0.25, 0.3) is 0 Å². The minimum atomic E-state index is -1.20. The summed E-state index contributed by atoms with van der Waals surface area (Å²) in [7, 11) is 0. The van der Waals surface area contributed by atoms with Gasteiger partial charge < -0.3 is 20.5 Å². The monoisotopic (exact) mass is 468 g/mol. The maximum absolute atomic E-state index is 12.7. The molecule has 2 aromatic rings. The number of hydrogen-bond donors (Lipinski definition) is 3. The molecule has 2 amide bonds. The Labute approximate surface area is 197 Å². The first-order valence-corrected chi connectivity index (χ1v) is 12.3. The van der Waals surface area contributed by atoms with Crippen LogP contribution in [0.3, 0.4) is 0 Å². The van der Waals surface area contributed by atoms with E-state index in [9.17, 15) is 19.5 Å². The number of carboxylic acid groups (broad SMARTS) is 1. The van der Waals surface area contributed by atoms with Crippen LogP contribution in [0.4, 0.5) is 4.79 Å². The fraction of sp³-hybridized carbons (Fsp3) is 0.400. The molecule has 3 N–H and O–H groups in total. The average Bonchev–Trinajstić information content (AvgIpc) is 3.44. The molecule has 1 fully saturated rings. The third kappa shape index (κ3) is 5.33. The number of carbonyl (C=O) groups excluding carboxylic acids is 2. The lowest BCUT2D eigenvalue weighted by Crippen LogP contribution is -2.51. The Morgan fingerprint density at radius 1 is 1.06 bits per heavy atom. The van der Waals surface area contributed by atoms with E-state index in [1.807, 2.05) is 67.2 Å². The molecule has 0 bridgehead atoms. The molecular weight excluding hydrogens is 440 g/mol. The normalized spacial score (nSPS) is 18.6. The van der Waals surface area contributed by atoms with Crippen molar-refractivity contribution < 1.29 is 24.2 Å². The van der Waals surface area contributed by atoms with E-state index in [4.69, 9.17) is 4.74 Å². The van der Waals surface area contributed by atoms with Crippen molar-refractivity contribution in [2.45, 2.75) is 37.8 Å². The van der Waals surface area contributed by atoms with E-state index >= 15 is 0 Å². The molecule has 2 aliphatic rings. The SMILES string of the molecule is CC(NC(=O)C(CC(=O)O)NC(=O)OCC1c2ccccc2-c2ccccc21)C1CCSC1. The number of benzene rings is 2. The number of carboxylic acids is 1. The van der Waals surface area contributed by atoms with E-state index in [-0.39, 0.29) is 18.6 Å². The van der Waals surface area contributed by atoms with Gasteiger partial charge in [0.15, 0.2) is 0 Å². The number of nitrogens with one attached hydrogen (secondary N) is 2. The molecule has 2 aromatic carbocycles. The van der Waals surface area contributed by atoms with E-state index < -0.39 is 30.4 Å². The molecule has 174 valence electrons. The molecule has 0 radical (unpaired) electrons. The Hall–Kier alpha value is -3.00. The average molecular weight is 469 g/mol. The van der Waals surface area contributed by atoms with Gasteiger partial charge in [0, 0.05) is 12.0 Å². The summed E-state index contributed by atoms with van der Waals surface area (Å²) in [6, 6.07) is 14.7. The minimum absolute atomic E-state index is 0.0897. The Morgan fingerprint density at radius 3 is 2.27 bits per heavy atom. The van der Waals surface area contributed by atoms with Crippen LogP contribution in [-0.2, 0) is 14.3 Å². The highest BCUT2D eigenvalue weighted by molar-refractivity contribution is 7.99. The number of thioether (sulfide) groups is 1. The number of alkyl carbamates (subject to hydrolysis) is 1. The molecule has 0 aromatic heterocycles. The number of carbonyl (C=O) groups is 3. The number of ether oxygens (including phenoxy) is 1. The van der Waals surface area contributed by atoms with Gasteiger partial charge in [-0.1, -0.05) is 48.5 Å². The molecule has 3 unspecified atom stereocenters. The van der Waals surface area contributed by atoms with E-state index in [0.29, 0.717) is 5.92 Å². The summed E-state index contributed by atoms with van der Waals surface area (Å²) in [5.74, 6) is 0.578. The van der Waals surface area contributed by atoms with Crippen molar-refractivity contribution in [2.24, 2.45) is 5.92 Å². The van der Waals surface area contributed by atoms with Crippen molar-refractivity contribution >= 4 is 29.7 Å². The van der Waals surface area contributed by atoms with Crippen LogP contribution in [0.25, 0.3) is 11.1 Å². The molecular formula is C25H28N2O5S. The second kappa shape index (κ2) is 10.3. The second-order valence-electron chi connectivity index (χ2n) is 8.54. The van der Waals surface area contributed by atoms with Crippen LogP contribution < -0.4 is 10.6 Å². The topological polar surface area (TPSA) is 105 Å². The van der Waals surface area contributed by atoms with E-state index in [2.05, 4.69) is 10.6 Å². The van der Waals surface area contributed by atoms with Gasteiger partial charge in [-0.25, -0.2) is 4.79 Å². The maximum Gasteiger partial charge on any atom is 0.407 e. The summed E-state index contributed by atoms with van der Waals surface area (Å²) < 4.78 is 5.48. The van der Waals surface area contributed by atoms with Crippen LogP contribution in [0, 0.1) is 5.92 Å². The van der Waals surface area contributed by atoms with Gasteiger partial charge in [0.2, 0.25) is 5.91 Å². The molecule has 1 aliphatic heterocycles. The van der Waals surface area contributed by atoms with Crippen LogP contribution in [0.2, 0.25) is 0 Å². The summed E-state index contributed by atoms with van der Waals surface area (Å²) in [6.45, 7) is 2.01. The van der Waals surface area contributed by atoms with Gasteiger partial charge in [-0.2, -0.15) is 11.8 Å². The predicted molar refractivity (Wildman–Crippen MR) is 127 cm³/mol. The predicted octanol–water partition coefficient (Wildman–Crippen LogP) is 3.63. The molecule has 1 aliphatic carbocycles. The van der Waals surface area contributed by atoms with Gasteiger partial charge in [0.05, 0.1) is 6.42 Å². The first-order valence-electron chi connectivity index (χ1n) is 11.2. The zero-order chi connectivity index (χ0) is 23.4. The standard InChI is InChI=1S/C25H28N2O5S/c1-15(16-10-11-33-14-16)26-24(30)22(12-23(28)29)27-25(31)32-13-21-19-8-4-2-6-17(19)18-7-3-5-9-20(18)21/h2-9,15-16,21-22H,10-14H2,1H3,(H,26,30)(H,27,31)(H,28,29). The van der Waals surface area contributed by atoms with Crippen molar-refractivity contribution in [2.75, 3.05) is 18.1 Å². The van der Waals surface area contributed by atoms with Gasteiger partial charge in [-0.3, -0.25) is 9.59 Å². The fourth-order valence-corrected chi connectivity index (χ4v) is 5.95. The Bertz CT molecular complexity index is 991. The zero-order valence-corrected chi connectivity index (χ0v) is 19.3. The van der Waals surface area contributed by atoms with E-state index in [1.165, 1.54) is 0 Å². The van der Waals surface area contributed by atoms with Crippen LogP contribution >= 0.6 is 11.8 Å². The number of hydrogen-bond acceptors (Lipinski definition) is 5. The Balaban J connectivity index is 1.39. The zero-order valence-electron chi connectivity index (χ0n) is 18.5. The molecule has 1 saturated heterocycles. The molecule has 0 spiro atoms. The van der Waals surface area contributed by atoms with Crippen LogP contribution in [0.5, 0.6) is 0 Å². The van der Waals surface area contributed by atoms with Crippen molar-refractivity contribution in [3.05, 3.63) is 59.7 Å². The first-order chi connectivity index (χ1) is 15.9. The Kier molecular flexibility index (Phi) is 7.23. The smallest absolute Gasteiger partial charge is 0.407 e. The summed E-state index contributed by atoms with van der Waals surface area (Å²) in [4.78, 5) is 36.6. The third-order valence-electron chi connectivity index (χ3n) is 6.37. The summed E-state index contributed by atoms with van der Waals surface area (Å²) in [6.07, 6.45) is -0.306. The van der Waals surface area contributed by atoms with E-state index in [0.717, 1.165) is 40.2 Å². The van der Waals surface area contributed by atoms with Gasteiger partial charge in [-0.05, 0) is 53.0 Å². The lowest BCUT2D eigenvalue weighted by molar-refractivity contribution is -0.140. The summed E-state index contributed by atoms with van der Waals surface area (Å²) >= 11 is 1.84. The molecule has 4 rings (SSSR count). The summed E-state index contributed by atoms with van der Waals surface area (Å²) in [5.41, 5.74) is 4.39. The molecule has 7 nitrogen and oxygen atoms in total.